The molecule has 0 unspecified atom stereocenters. The number of aromatic amines is 1. The Morgan fingerprint density at radius 2 is 1.59 bits per heavy atom. The summed E-state index contributed by atoms with van der Waals surface area (Å²) in [7, 11) is 0. The van der Waals surface area contributed by atoms with Crippen molar-refractivity contribution >= 4 is 81.4 Å². The van der Waals surface area contributed by atoms with E-state index in [1.807, 2.05) is 0 Å². The normalized spacial score (nSPS) is 15.0. The number of hydrogen-bond donors (Lipinski definition) is 4. The number of rotatable bonds is 4. The molecule has 1 aliphatic rings. The third kappa shape index (κ3) is 4.68. The first-order chi connectivity index (χ1) is 15.2. The lowest BCUT2D eigenvalue weighted by atomic mass is 9.92. The number of fused-ring (bicyclic) bond motifs is 1. The summed E-state index contributed by atoms with van der Waals surface area (Å²) >= 11 is 24.0. The van der Waals surface area contributed by atoms with Crippen LogP contribution in [0.3, 0.4) is 0 Å². The summed E-state index contributed by atoms with van der Waals surface area (Å²) in [5.41, 5.74) is 0.173. The topological polar surface area (TPSA) is 116 Å². The summed E-state index contributed by atoms with van der Waals surface area (Å²) in [5, 5.41) is 9.38. The molecule has 3 aromatic rings. The molecule has 2 aromatic carbocycles. The van der Waals surface area contributed by atoms with Crippen molar-refractivity contribution in [2.75, 3.05) is 16.0 Å². The van der Waals surface area contributed by atoms with Crippen LogP contribution in [-0.4, -0.2) is 21.8 Å². The first kappa shape index (κ1) is 22.4. The largest absolute Gasteiger partial charge is 0.324 e. The highest BCUT2D eigenvalue weighted by Gasteiger charge is 2.35. The Labute approximate surface area is 201 Å². The molecule has 0 fully saturated rings. The van der Waals surface area contributed by atoms with Gasteiger partial charge < -0.3 is 16.0 Å². The molecule has 164 valence electrons. The van der Waals surface area contributed by atoms with Gasteiger partial charge in [0.05, 0.1) is 32.9 Å². The summed E-state index contributed by atoms with van der Waals surface area (Å²) in [6, 6.07) is 9.28. The number of halogens is 4. The number of aromatic nitrogens is 2. The second-order valence-electron chi connectivity index (χ2n) is 6.84. The average molecular weight is 513 g/mol. The van der Waals surface area contributed by atoms with E-state index in [0.717, 1.165) is 0 Å². The molecule has 0 radical (unpaired) electrons. The SMILES string of the molecule is O=C1C[C@H](C(=O)Nc2ccc(Cl)cc2Cl)c2c(nc(Nc3ccc(Cl)cc3Cl)[nH]c2=O)N1. The Bertz CT molecular complexity index is 1310. The van der Waals surface area contributed by atoms with E-state index >= 15 is 0 Å². The third-order valence-electron chi connectivity index (χ3n) is 4.64. The highest BCUT2D eigenvalue weighted by molar-refractivity contribution is 6.37. The Balaban J connectivity index is 1.65. The van der Waals surface area contributed by atoms with Gasteiger partial charge in [-0.1, -0.05) is 46.4 Å². The van der Waals surface area contributed by atoms with E-state index in [4.69, 9.17) is 46.4 Å². The minimum atomic E-state index is -1.07. The van der Waals surface area contributed by atoms with Gasteiger partial charge in [0.15, 0.2) is 0 Å². The van der Waals surface area contributed by atoms with Crippen LogP contribution in [0.25, 0.3) is 0 Å². The van der Waals surface area contributed by atoms with Crippen LogP contribution in [0, 0.1) is 0 Å². The summed E-state index contributed by atoms with van der Waals surface area (Å²) in [6.45, 7) is 0. The Kier molecular flexibility index (Phi) is 6.30. The van der Waals surface area contributed by atoms with Crippen LogP contribution in [0.15, 0.2) is 41.2 Å². The lowest BCUT2D eigenvalue weighted by Gasteiger charge is -2.24. The van der Waals surface area contributed by atoms with Gasteiger partial charge in [0.2, 0.25) is 17.8 Å². The molecule has 1 aromatic heterocycles. The average Bonchev–Trinajstić information content (AvgIpc) is 2.71. The molecule has 1 aliphatic heterocycles. The molecule has 0 saturated heterocycles. The second-order valence-corrected chi connectivity index (χ2v) is 8.53. The lowest BCUT2D eigenvalue weighted by molar-refractivity contribution is -0.123. The predicted octanol–water partition coefficient (Wildman–Crippen LogP) is 5.19. The molecule has 8 nitrogen and oxygen atoms in total. The number of nitrogens with one attached hydrogen (secondary N) is 4. The fourth-order valence-corrected chi connectivity index (χ4v) is 4.10. The van der Waals surface area contributed by atoms with Gasteiger partial charge in [-0.3, -0.25) is 19.4 Å². The molecular formula is C20H13Cl4N5O3. The molecule has 0 saturated carbocycles. The maximum absolute atomic E-state index is 12.9. The zero-order valence-electron chi connectivity index (χ0n) is 15.9. The van der Waals surface area contributed by atoms with Crippen LogP contribution in [0.4, 0.5) is 23.1 Å². The highest BCUT2D eigenvalue weighted by Crippen LogP contribution is 2.33. The smallest absolute Gasteiger partial charge is 0.258 e. The molecule has 0 aliphatic carbocycles. The van der Waals surface area contributed by atoms with E-state index in [1.165, 1.54) is 18.2 Å². The van der Waals surface area contributed by atoms with Crippen molar-refractivity contribution in [1.29, 1.82) is 0 Å². The van der Waals surface area contributed by atoms with Crippen molar-refractivity contribution in [2.45, 2.75) is 12.3 Å². The summed E-state index contributed by atoms with van der Waals surface area (Å²) in [4.78, 5) is 44.8. The Hall–Kier alpha value is -2.78. The zero-order chi connectivity index (χ0) is 23.0. The second kappa shape index (κ2) is 8.99. The standard InChI is InChI=1S/C20H13Cl4N5O3/c21-8-1-3-13(11(23)5-8)25-18(31)10-7-15(30)27-17-16(10)19(32)29-20(28-17)26-14-4-2-9(22)6-12(14)24/h1-6,10H,7H2,(H,25,31)(H3,26,27,28,29,30,32)/t10-/m0/s1. The molecule has 4 N–H and O–H groups in total. The number of hydrogen-bond acceptors (Lipinski definition) is 5. The van der Waals surface area contributed by atoms with E-state index in [1.54, 1.807) is 18.2 Å². The maximum Gasteiger partial charge on any atom is 0.258 e. The number of carbonyl (C=O) groups excluding carboxylic acids is 2. The molecule has 0 spiro atoms. The summed E-state index contributed by atoms with van der Waals surface area (Å²) < 4.78 is 0. The molecule has 2 amide bonds. The molecule has 0 bridgehead atoms. The molecular weight excluding hydrogens is 500 g/mol. The first-order valence-electron chi connectivity index (χ1n) is 9.13. The van der Waals surface area contributed by atoms with E-state index < -0.39 is 23.3 Å². The molecule has 12 heteroatoms. The van der Waals surface area contributed by atoms with Crippen LogP contribution < -0.4 is 21.5 Å². The van der Waals surface area contributed by atoms with Gasteiger partial charge in [-0.2, -0.15) is 4.98 Å². The lowest BCUT2D eigenvalue weighted by Crippen LogP contribution is -2.36. The van der Waals surface area contributed by atoms with Gasteiger partial charge in [0.25, 0.3) is 5.56 Å². The van der Waals surface area contributed by atoms with Crippen LogP contribution in [0.1, 0.15) is 17.9 Å². The quantitative estimate of drug-likeness (QED) is 0.383. The number of nitrogens with zero attached hydrogens (tertiary/aromatic N) is 1. The summed E-state index contributed by atoms with van der Waals surface area (Å²) in [5.74, 6) is -2.12. The van der Waals surface area contributed by atoms with Crippen molar-refractivity contribution in [3.05, 3.63) is 72.4 Å². The first-order valence-corrected chi connectivity index (χ1v) is 10.6. The van der Waals surface area contributed by atoms with Gasteiger partial charge in [-0.15, -0.1) is 0 Å². The number of anilines is 4. The summed E-state index contributed by atoms with van der Waals surface area (Å²) in [6.07, 6.45) is -0.232. The predicted molar refractivity (Wildman–Crippen MR) is 126 cm³/mol. The van der Waals surface area contributed by atoms with E-state index in [2.05, 4.69) is 25.9 Å². The molecule has 32 heavy (non-hydrogen) atoms. The number of H-pyrrole nitrogens is 1. The van der Waals surface area contributed by atoms with Gasteiger partial charge in [-0.05, 0) is 36.4 Å². The monoisotopic (exact) mass is 511 g/mol. The van der Waals surface area contributed by atoms with Crippen molar-refractivity contribution in [3.63, 3.8) is 0 Å². The molecule has 2 heterocycles. The van der Waals surface area contributed by atoms with Gasteiger partial charge in [-0.25, -0.2) is 0 Å². The number of carbonyl (C=O) groups is 2. The van der Waals surface area contributed by atoms with Gasteiger partial charge >= 0.3 is 0 Å². The van der Waals surface area contributed by atoms with Gasteiger partial charge in [0, 0.05) is 16.5 Å². The molecule has 1 atom stereocenters. The number of benzene rings is 2. The van der Waals surface area contributed by atoms with Crippen molar-refractivity contribution in [3.8, 4) is 0 Å². The van der Waals surface area contributed by atoms with Crippen molar-refractivity contribution in [2.24, 2.45) is 0 Å². The van der Waals surface area contributed by atoms with Crippen LogP contribution in [0.5, 0.6) is 0 Å². The van der Waals surface area contributed by atoms with E-state index in [-0.39, 0.29) is 28.8 Å². The Morgan fingerprint density at radius 3 is 2.22 bits per heavy atom. The van der Waals surface area contributed by atoms with Crippen LogP contribution in [0.2, 0.25) is 20.1 Å². The Morgan fingerprint density at radius 1 is 0.969 bits per heavy atom. The zero-order valence-corrected chi connectivity index (χ0v) is 19.0. The van der Waals surface area contributed by atoms with E-state index in [0.29, 0.717) is 26.4 Å². The van der Waals surface area contributed by atoms with Gasteiger partial charge in [0.1, 0.15) is 5.82 Å². The van der Waals surface area contributed by atoms with Crippen LogP contribution in [-0.2, 0) is 9.59 Å². The van der Waals surface area contributed by atoms with E-state index in [9.17, 15) is 14.4 Å². The van der Waals surface area contributed by atoms with Crippen molar-refractivity contribution < 1.29 is 9.59 Å². The third-order valence-corrected chi connectivity index (χ3v) is 5.74. The minimum Gasteiger partial charge on any atom is -0.324 e. The fourth-order valence-electron chi connectivity index (χ4n) is 3.18. The van der Waals surface area contributed by atoms with Crippen molar-refractivity contribution in [1.82, 2.24) is 9.97 Å². The maximum atomic E-state index is 12.9. The minimum absolute atomic E-state index is 0.0277. The number of amides is 2. The highest BCUT2D eigenvalue weighted by atomic mass is 35.5. The fraction of sp³-hybridized carbons (Fsp3) is 0.100. The van der Waals surface area contributed by atoms with Crippen LogP contribution >= 0.6 is 46.4 Å². The molecule has 4 rings (SSSR count).